The van der Waals surface area contributed by atoms with E-state index < -0.39 is 0 Å². The zero-order valence-corrected chi connectivity index (χ0v) is 25.8. The lowest BCUT2D eigenvalue weighted by molar-refractivity contribution is -0.140. The van der Waals surface area contributed by atoms with Gasteiger partial charge in [0.15, 0.2) is 0 Å². The van der Waals surface area contributed by atoms with Gasteiger partial charge in [0.05, 0.1) is 19.8 Å². The van der Waals surface area contributed by atoms with Crippen LogP contribution >= 0.6 is 0 Å². The van der Waals surface area contributed by atoms with Crippen molar-refractivity contribution in [3.63, 3.8) is 0 Å². The van der Waals surface area contributed by atoms with Gasteiger partial charge >= 0.3 is 11.9 Å². The summed E-state index contributed by atoms with van der Waals surface area (Å²) in [7, 11) is 2.83. The average Bonchev–Trinajstić information content (AvgIpc) is 3.00. The lowest BCUT2D eigenvalue weighted by Gasteiger charge is -2.36. The lowest BCUT2D eigenvalue weighted by Crippen LogP contribution is -2.39. The van der Waals surface area contributed by atoms with Gasteiger partial charge in [-0.1, -0.05) is 69.3 Å². The Morgan fingerprint density at radius 2 is 1.60 bits per heavy atom. The Morgan fingerprint density at radius 1 is 0.881 bits per heavy atom. The van der Waals surface area contributed by atoms with Crippen LogP contribution in [0.25, 0.3) is 0 Å². The van der Waals surface area contributed by atoms with Gasteiger partial charge in [0.25, 0.3) is 0 Å². The molecular weight excluding hydrogens is 526 g/mol. The first kappa shape index (κ1) is 31.3. The van der Waals surface area contributed by atoms with E-state index in [0.717, 1.165) is 62.1 Å². The quantitative estimate of drug-likeness (QED) is 0.171. The molecule has 0 aliphatic heterocycles. The summed E-state index contributed by atoms with van der Waals surface area (Å²) in [5.41, 5.74) is 6.95. The monoisotopic (exact) mass is 571 g/mol. The van der Waals surface area contributed by atoms with Gasteiger partial charge in [0.2, 0.25) is 0 Å². The molecule has 0 N–H and O–H groups in total. The molecule has 1 atom stereocenters. The van der Waals surface area contributed by atoms with Crippen LogP contribution in [0.5, 0.6) is 5.75 Å². The normalized spacial score (nSPS) is 14.8. The molecule has 0 aromatic heterocycles. The molecule has 0 fully saturated rings. The Bertz CT molecular complexity index is 1320. The molecule has 0 radical (unpaired) electrons. The van der Waals surface area contributed by atoms with Crippen molar-refractivity contribution < 1.29 is 23.8 Å². The fourth-order valence-electron chi connectivity index (χ4n) is 5.62. The predicted octanol–water partition coefficient (Wildman–Crippen LogP) is 7.05. The third-order valence-electron chi connectivity index (χ3n) is 8.21. The molecule has 3 aromatic rings. The molecule has 0 bridgehead atoms. The van der Waals surface area contributed by atoms with Crippen molar-refractivity contribution >= 4 is 11.9 Å². The largest absolute Gasteiger partial charge is 0.489 e. The van der Waals surface area contributed by atoms with Crippen LogP contribution in [-0.2, 0) is 45.7 Å². The van der Waals surface area contributed by atoms with Gasteiger partial charge < -0.3 is 14.2 Å². The van der Waals surface area contributed by atoms with Crippen molar-refractivity contribution in [1.29, 1.82) is 0 Å². The Hall–Kier alpha value is -3.64. The molecule has 1 unspecified atom stereocenters. The number of esters is 2. The summed E-state index contributed by atoms with van der Waals surface area (Å²) in [6.07, 6.45) is 5.09. The molecule has 0 saturated carbocycles. The van der Waals surface area contributed by atoms with Gasteiger partial charge in [-0.2, -0.15) is 0 Å². The number of rotatable bonds is 12. The maximum Gasteiger partial charge on any atom is 0.337 e. The Labute approximate surface area is 251 Å². The molecular formula is C36H45NO5. The summed E-state index contributed by atoms with van der Waals surface area (Å²) in [4.78, 5) is 26.1. The number of hydrogen-bond acceptors (Lipinski definition) is 6. The van der Waals surface area contributed by atoms with E-state index in [1.165, 1.54) is 30.9 Å². The standard InChI is InChI=1S/C36H45NO5/c1-36(2,3)30-19-14-27(15-20-30)25-42-33-10-8-9-28-18-21-31(23-32(28)33)37(22-7-6-11-34(38)40-4)24-26-12-16-29(17-13-26)35(39)41-5/h8-10,12-17,19-20,31H,6-7,11,18,21-25H2,1-5H3. The van der Waals surface area contributed by atoms with Crippen molar-refractivity contribution in [3.05, 3.63) is 100 Å². The third kappa shape index (κ3) is 8.45. The van der Waals surface area contributed by atoms with E-state index in [1.54, 1.807) is 0 Å². The molecule has 3 aromatic carbocycles. The topological polar surface area (TPSA) is 65.1 Å². The Balaban J connectivity index is 1.47. The minimum absolute atomic E-state index is 0.126. The molecule has 6 nitrogen and oxygen atoms in total. The van der Waals surface area contributed by atoms with Crippen LogP contribution < -0.4 is 4.74 Å². The molecule has 0 heterocycles. The van der Waals surface area contributed by atoms with Gasteiger partial charge in [0, 0.05) is 19.0 Å². The predicted molar refractivity (Wildman–Crippen MR) is 166 cm³/mol. The first-order valence-corrected chi connectivity index (χ1v) is 15.0. The van der Waals surface area contributed by atoms with Crippen LogP contribution in [0, 0.1) is 0 Å². The van der Waals surface area contributed by atoms with Crippen LogP contribution in [-0.4, -0.2) is 43.6 Å². The Morgan fingerprint density at radius 3 is 2.26 bits per heavy atom. The number of ether oxygens (including phenoxy) is 3. The molecule has 4 rings (SSSR count). The van der Waals surface area contributed by atoms with Crippen molar-refractivity contribution in [3.8, 4) is 5.75 Å². The number of nitrogens with zero attached hydrogens (tertiary/aromatic N) is 1. The Kier molecular flexibility index (Phi) is 10.8. The number of hydrogen-bond donors (Lipinski definition) is 0. The second kappa shape index (κ2) is 14.5. The van der Waals surface area contributed by atoms with E-state index in [0.29, 0.717) is 24.6 Å². The molecule has 224 valence electrons. The summed E-state index contributed by atoms with van der Waals surface area (Å²) in [5.74, 6) is 0.467. The van der Waals surface area contributed by atoms with E-state index in [-0.39, 0.29) is 17.4 Å². The SMILES string of the molecule is COC(=O)CCCCN(Cc1ccc(C(=O)OC)cc1)C1CCc2cccc(OCc3ccc(C(C)(C)C)cc3)c2C1. The highest BCUT2D eigenvalue weighted by Gasteiger charge is 2.27. The van der Waals surface area contributed by atoms with Crippen molar-refractivity contribution in [2.45, 2.75) is 83.9 Å². The van der Waals surface area contributed by atoms with Gasteiger partial charge in [-0.05, 0) is 90.1 Å². The summed E-state index contributed by atoms with van der Waals surface area (Å²) < 4.78 is 16.1. The maximum absolute atomic E-state index is 11.9. The summed E-state index contributed by atoms with van der Waals surface area (Å²) in [6.45, 7) is 8.86. The van der Waals surface area contributed by atoms with E-state index in [4.69, 9.17) is 14.2 Å². The van der Waals surface area contributed by atoms with Gasteiger partial charge in [0.1, 0.15) is 12.4 Å². The van der Waals surface area contributed by atoms with Crippen LogP contribution in [0.1, 0.15) is 84.6 Å². The lowest BCUT2D eigenvalue weighted by atomic mass is 9.86. The molecule has 0 saturated heterocycles. The molecule has 6 heteroatoms. The smallest absolute Gasteiger partial charge is 0.337 e. The number of fused-ring (bicyclic) bond motifs is 1. The van der Waals surface area contributed by atoms with E-state index in [1.807, 2.05) is 24.3 Å². The van der Waals surface area contributed by atoms with Gasteiger partial charge in [-0.25, -0.2) is 4.79 Å². The first-order chi connectivity index (χ1) is 20.2. The van der Waals surface area contributed by atoms with Gasteiger partial charge in [-0.3, -0.25) is 9.69 Å². The second-order valence-corrected chi connectivity index (χ2v) is 12.2. The molecule has 1 aliphatic carbocycles. The van der Waals surface area contributed by atoms with Crippen LogP contribution in [0.2, 0.25) is 0 Å². The third-order valence-corrected chi connectivity index (χ3v) is 8.21. The first-order valence-electron chi connectivity index (χ1n) is 15.0. The minimum atomic E-state index is -0.331. The van der Waals surface area contributed by atoms with Crippen LogP contribution in [0.3, 0.4) is 0 Å². The average molecular weight is 572 g/mol. The fourth-order valence-corrected chi connectivity index (χ4v) is 5.62. The van der Waals surface area contributed by atoms with E-state index in [2.05, 4.69) is 68.1 Å². The molecule has 42 heavy (non-hydrogen) atoms. The highest BCUT2D eigenvalue weighted by atomic mass is 16.5. The van der Waals surface area contributed by atoms with Crippen molar-refractivity contribution in [1.82, 2.24) is 4.90 Å². The number of benzene rings is 3. The van der Waals surface area contributed by atoms with Crippen LogP contribution in [0.15, 0.2) is 66.7 Å². The van der Waals surface area contributed by atoms with Crippen molar-refractivity contribution in [2.75, 3.05) is 20.8 Å². The molecule has 0 spiro atoms. The zero-order chi connectivity index (χ0) is 30.1. The second-order valence-electron chi connectivity index (χ2n) is 12.2. The van der Waals surface area contributed by atoms with Gasteiger partial charge in [-0.15, -0.1) is 0 Å². The highest BCUT2D eigenvalue weighted by molar-refractivity contribution is 5.89. The van der Waals surface area contributed by atoms with E-state index >= 15 is 0 Å². The number of methoxy groups -OCH3 is 2. The van der Waals surface area contributed by atoms with E-state index in [9.17, 15) is 9.59 Å². The summed E-state index contributed by atoms with van der Waals surface area (Å²) >= 11 is 0. The number of carbonyl (C=O) groups excluding carboxylic acids is 2. The summed E-state index contributed by atoms with van der Waals surface area (Å²) in [6, 6.07) is 23.2. The van der Waals surface area contributed by atoms with Crippen LogP contribution in [0.4, 0.5) is 0 Å². The number of aryl methyl sites for hydroxylation is 1. The number of carbonyl (C=O) groups is 2. The minimum Gasteiger partial charge on any atom is -0.489 e. The van der Waals surface area contributed by atoms with Crippen molar-refractivity contribution in [2.24, 2.45) is 0 Å². The maximum atomic E-state index is 11.9. The number of unbranched alkanes of at least 4 members (excludes halogenated alkanes) is 1. The molecule has 0 amide bonds. The molecule has 1 aliphatic rings. The zero-order valence-electron chi connectivity index (χ0n) is 25.8. The summed E-state index contributed by atoms with van der Waals surface area (Å²) in [5, 5.41) is 0. The fraction of sp³-hybridized carbons (Fsp3) is 0.444. The highest BCUT2D eigenvalue weighted by Crippen LogP contribution is 2.33.